The molecule has 1 aliphatic heterocycles. The van der Waals surface area contributed by atoms with Crippen LogP contribution in [0.3, 0.4) is 0 Å². The molecule has 0 saturated carbocycles. The van der Waals surface area contributed by atoms with Gasteiger partial charge in [-0.2, -0.15) is 0 Å². The van der Waals surface area contributed by atoms with Gasteiger partial charge in [0.1, 0.15) is 0 Å². The number of piperidine rings is 1. The summed E-state index contributed by atoms with van der Waals surface area (Å²) in [4.78, 5) is 22.7. The number of rotatable bonds is 5. The van der Waals surface area contributed by atoms with Crippen molar-refractivity contribution in [2.24, 2.45) is 10.9 Å². The Labute approximate surface area is 142 Å². The Hall–Kier alpha value is -1.63. The standard InChI is InChI=1S/C16H27N5OS/c1-4-15-20-13(11-23-15)10-19-16(18-3)21-7-5-12(6-8-21)9-14(22)17-2/h11-12H,4-10H2,1-3H3,(H,17,22)(H,18,19). The number of guanidine groups is 1. The monoisotopic (exact) mass is 337 g/mol. The lowest BCUT2D eigenvalue weighted by atomic mass is 9.93. The van der Waals surface area contributed by atoms with Crippen molar-refractivity contribution in [3.8, 4) is 0 Å². The van der Waals surface area contributed by atoms with Crippen LogP contribution in [0.1, 0.15) is 36.9 Å². The summed E-state index contributed by atoms with van der Waals surface area (Å²) in [5.74, 6) is 1.55. The highest BCUT2D eigenvalue weighted by Gasteiger charge is 2.23. The van der Waals surface area contributed by atoms with E-state index in [4.69, 9.17) is 0 Å². The van der Waals surface area contributed by atoms with Gasteiger partial charge in [-0.05, 0) is 25.2 Å². The van der Waals surface area contributed by atoms with Crippen molar-refractivity contribution >= 4 is 23.2 Å². The highest BCUT2D eigenvalue weighted by atomic mass is 32.1. The van der Waals surface area contributed by atoms with E-state index in [1.165, 1.54) is 5.01 Å². The summed E-state index contributed by atoms with van der Waals surface area (Å²) in [5.41, 5.74) is 1.07. The molecule has 1 aromatic rings. The van der Waals surface area contributed by atoms with Crippen molar-refractivity contribution < 1.29 is 4.79 Å². The smallest absolute Gasteiger partial charge is 0.220 e. The van der Waals surface area contributed by atoms with E-state index in [1.807, 2.05) is 7.05 Å². The third-order valence-electron chi connectivity index (χ3n) is 4.21. The Morgan fingerprint density at radius 3 is 2.78 bits per heavy atom. The highest BCUT2D eigenvalue weighted by molar-refractivity contribution is 7.09. The number of likely N-dealkylation sites (tertiary alicyclic amines) is 1. The Morgan fingerprint density at radius 1 is 1.48 bits per heavy atom. The van der Waals surface area contributed by atoms with Gasteiger partial charge in [-0.15, -0.1) is 11.3 Å². The first-order valence-electron chi connectivity index (χ1n) is 8.25. The second kappa shape index (κ2) is 8.86. The molecule has 1 fully saturated rings. The number of hydrogen-bond donors (Lipinski definition) is 2. The molecule has 0 aromatic carbocycles. The van der Waals surface area contributed by atoms with Gasteiger partial charge in [0.25, 0.3) is 0 Å². The molecule has 2 N–H and O–H groups in total. The molecule has 0 bridgehead atoms. The number of hydrogen-bond acceptors (Lipinski definition) is 4. The minimum absolute atomic E-state index is 0.140. The van der Waals surface area contributed by atoms with Crippen LogP contribution in [-0.4, -0.2) is 48.9 Å². The first kappa shape index (κ1) is 17.7. The third-order valence-corrected chi connectivity index (χ3v) is 5.25. The van der Waals surface area contributed by atoms with E-state index in [0.717, 1.165) is 44.0 Å². The van der Waals surface area contributed by atoms with E-state index >= 15 is 0 Å². The van der Waals surface area contributed by atoms with Gasteiger partial charge in [0.05, 0.1) is 17.2 Å². The number of aryl methyl sites for hydroxylation is 1. The fraction of sp³-hybridized carbons (Fsp3) is 0.688. The maximum Gasteiger partial charge on any atom is 0.220 e. The molecule has 0 atom stereocenters. The van der Waals surface area contributed by atoms with Crippen molar-refractivity contribution in [3.63, 3.8) is 0 Å². The number of thiazole rings is 1. The van der Waals surface area contributed by atoms with Crippen LogP contribution in [0, 0.1) is 5.92 Å². The Morgan fingerprint density at radius 2 is 2.22 bits per heavy atom. The maximum absolute atomic E-state index is 11.5. The van der Waals surface area contributed by atoms with Crippen LogP contribution in [0.25, 0.3) is 0 Å². The molecular weight excluding hydrogens is 310 g/mol. The molecule has 2 rings (SSSR count). The Kier molecular flexibility index (Phi) is 6.83. The number of nitrogens with one attached hydrogen (secondary N) is 2. The zero-order valence-electron chi connectivity index (χ0n) is 14.3. The fourth-order valence-corrected chi connectivity index (χ4v) is 3.55. The summed E-state index contributed by atoms with van der Waals surface area (Å²) in [5, 5.41) is 9.39. The number of amides is 1. The van der Waals surface area contributed by atoms with Crippen molar-refractivity contribution in [1.82, 2.24) is 20.5 Å². The van der Waals surface area contributed by atoms with E-state index in [1.54, 1.807) is 18.4 Å². The van der Waals surface area contributed by atoms with Gasteiger partial charge in [-0.25, -0.2) is 4.98 Å². The molecule has 0 radical (unpaired) electrons. The number of aromatic nitrogens is 1. The summed E-state index contributed by atoms with van der Waals surface area (Å²) in [6, 6.07) is 0. The number of nitrogens with zero attached hydrogens (tertiary/aromatic N) is 3. The van der Waals surface area contributed by atoms with E-state index < -0.39 is 0 Å². The quantitative estimate of drug-likeness (QED) is 0.633. The number of aliphatic imine (C=N–C) groups is 1. The summed E-state index contributed by atoms with van der Waals surface area (Å²) in [7, 11) is 3.52. The zero-order chi connectivity index (χ0) is 16.7. The molecule has 1 aliphatic rings. The first-order chi connectivity index (χ1) is 11.2. The maximum atomic E-state index is 11.5. The second-order valence-electron chi connectivity index (χ2n) is 5.79. The molecule has 128 valence electrons. The Balaban J connectivity index is 1.79. The molecule has 0 unspecified atom stereocenters. The summed E-state index contributed by atoms with van der Waals surface area (Å²) < 4.78 is 0. The normalized spacial score (nSPS) is 16.5. The van der Waals surface area contributed by atoms with Crippen LogP contribution in [0.4, 0.5) is 0 Å². The lowest BCUT2D eigenvalue weighted by molar-refractivity contribution is -0.121. The first-order valence-corrected chi connectivity index (χ1v) is 9.13. The van der Waals surface area contributed by atoms with Crippen LogP contribution >= 0.6 is 11.3 Å². The molecule has 0 spiro atoms. The van der Waals surface area contributed by atoms with Crippen molar-refractivity contribution in [2.75, 3.05) is 27.2 Å². The molecule has 23 heavy (non-hydrogen) atoms. The van der Waals surface area contributed by atoms with Crippen LogP contribution < -0.4 is 10.6 Å². The Bertz CT molecular complexity index is 534. The van der Waals surface area contributed by atoms with Gasteiger partial charge >= 0.3 is 0 Å². The minimum Gasteiger partial charge on any atom is -0.359 e. The average molecular weight is 337 g/mol. The fourth-order valence-electron chi connectivity index (χ4n) is 2.81. The van der Waals surface area contributed by atoms with E-state index in [9.17, 15) is 4.79 Å². The van der Waals surface area contributed by atoms with Gasteiger partial charge in [-0.1, -0.05) is 6.92 Å². The average Bonchev–Trinajstić information content (AvgIpc) is 3.04. The third kappa shape index (κ3) is 5.20. The van der Waals surface area contributed by atoms with Gasteiger partial charge in [0.2, 0.25) is 5.91 Å². The molecule has 6 nitrogen and oxygen atoms in total. The minimum atomic E-state index is 0.140. The number of carbonyl (C=O) groups is 1. The molecule has 1 saturated heterocycles. The lowest BCUT2D eigenvalue weighted by Crippen LogP contribution is -2.45. The largest absolute Gasteiger partial charge is 0.359 e. The van der Waals surface area contributed by atoms with Crippen LogP contribution in [0.5, 0.6) is 0 Å². The SMILES string of the molecule is CCc1nc(CNC(=NC)N2CCC(CC(=O)NC)CC2)cs1. The molecule has 7 heteroatoms. The predicted molar refractivity (Wildman–Crippen MR) is 94.7 cm³/mol. The molecule has 0 aliphatic carbocycles. The van der Waals surface area contributed by atoms with Crippen LogP contribution in [0.2, 0.25) is 0 Å². The zero-order valence-corrected chi connectivity index (χ0v) is 15.1. The topological polar surface area (TPSA) is 69.6 Å². The highest BCUT2D eigenvalue weighted by Crippen LogP contribution is 2.20. The van der Waals surface area contributed by atoms with Crippen LogP contribution in [-0.2, 0) is 17.8 Å². The van der Waals surface area contributed by atoms with Gasteiger partial charge < -0.3 is 15.5 Å². The molecule has 1 amide bonds. The van der Waals surface area contributed by atoms with Crippen molar-refractivity contribution in [3.05, 3.63) is 16.1 Å². The van der Waals surface area contributed by atoms with E-state index in [2.05, 4.69) is 37.8 Å². The summed E-state index contributed by atoms with van der Waals surface area (Å²) >= 11 is 1.71. The van der Waals surface area contributed by atoms with Gasteiger partial charge in [0, 0.05) is 39.0 Å². The lowest BCUT2D eigenvalue weighted by Gasteiger charge is -2.34. The summed E-state index contributed by atoms with van der Waals surface area (Å²) in [6.45, 7) is 4.72. The second-order valence-corrected chi connectivity index (χ2v) is 6.74. The predicted octanol–water partition coefficient (Wildman–Crippen LogP) is 1.63. The molecule has 1 aromatic heterocycles. The summed E-state index contributed by atoms with van der Waals surface area (Å²) in [6.07, 6.45) is 3.68. The van der Waals surface area contributed by atoms with Crippen LogP contribution in [0.15, 0.2) is 10.4 Å². The number of carbonyl (C=O) groups excluding carboxylic acids is 1. The molecule has 2 heterocycles. The van der Waals surface area contributed by atoms with E-state index in [0.29, 0.717) is 18.9 Å². The van der Waals surface area contributed by atoms with E-state index in [-0.39, 0.29) is 5.91 Å². The van der Waals surface area contributed by atoms with Crippen molar-refractivity contribution in [1.29, 1.82) is 0 Å². The van der Waals surface area contributed by atoms with Gasteiger partial charge in [-0.3, -0.25) is 9.79 Å². The van der Waals surface area contributed by atoms with Crippen molar-refractivity contribution in [2.45, 2.75) is 39.2 Å². The van der Waals surface area contributed by atoms with Gasteiger partial charge in [0.15, 0.2) is 5.96 Å². The molecular formula is C16H27N5OS.